The summed E-state index contributed by atoms with van der Waals surface area (Å²) in [5.74, 6) is -11.4. The number of nitrogens with one attached hydrogen (secondary N) is 2. The summed E-state index contributed by atoms with van der Waals surface area (Å²) in [7, 11) is 0. The summed E-state index contributed by atoms with van der Waals surface area (Å²) in [4.78, 5) is 24.6. The SMILES string of the molecule is CC(Sc1cccc(NC(=O)C2CC2)c1)C(=O)Nc1c(F)c(F)c(C(F)(F)F)c(F)c1F. The highest BCUT2D eigenvalue weighted by atomic mass is 32.2. The standard InChI is InChI=1S/C20H15F7N2O2S/c1-8(32-11-4-2-3-10(7-11)28-19(31)9-5-6-9)18(30)29-17-15(23)13(21)12(20(25,26)27)14(22)16(17)24/h2-4,7-9H,5-6H2,1H3,(H,28,31)(H,29,30). The Morgan fingerprint density at radius 3 is 2.12 bits per heavy atom. The lowest BCUT2D eigenvalue weighted by molar-refractivity contribution is -0.143. The van der Waals surface area contributed by atoms with Crippen LogP contribution in [0.3, 0.4) is 0 Å². The van der Waals surface area contributed by atoms with E-state index in [1.54, 1.807) is 29.6 Å². The van der Waals surface area contributed by atoms with Crippen LogP contribution in [0.4, 0.5) is 42.1 Å². The maximum atomic E-state index is 14.0. The highest BCUT2D eigenvalue weighted by molar-refractivity contribution is 8.00. The highest BCUT2D eigenvalue weighted by Crippen LogP contribution is 2.39. The molecule has 0 aliphatic heterocycles. The van der Waals surface area contributed by atoms with E-state index < -0.39 is 51.9 Å². The van der Waals surface area contributed by atoms with Gasteiger partial charge in [-0.3, -0.25) is 9.59 Å². The summed E-state index contributed by atoms with van der Waals surface area (Å²) in [5.41, 5.74) is -3.92. The van der Waals surface area contributed by atoms with Gasteiger partial charge in [-0.1, -0.05) is 6.07 Å². The zero-order chi connectivity index (χ0) is 23.8. The van der Waals surface area contributed by atoms with E-state index in [0.717, 1.165) is 24.6 Å². The van der Waals surface area contributed by atoms with Crippen molar-refractivity contribution >= 4 is 35.0 Å². The number of alkyl halides is 3. The van der Waals surface area contributed by atoms with Gasteiger partial charge in [0.05, 0.1) is 5.25 Å². The van der Waals surface area contributed by atoms with Crippen molar-refractivity contribution in [3.8, 4) is 0 Å². The van der Waals surface area contributed by atoms with Crippen LogP contribution in [0, 0.1) is 29.2 Å². The first kappa shape index (κ1) is 23.9. The molecule has 2 N–H and O–H groups in total. The molecule has 3 rings (SSSR count). The van der Waals surface area contributed by atoms with Gasteiger partial charge in [-0.2, -0.15) is 13.2 Å². The highest BCUT2D eigenvalue weighted by Gasteiger charge is 2.42. The first-order valence-corrected chi connectivity index (χ1v) is 10.1. The zero-order valence-corrected chi connectivity index (χ0v) is 17.1. The van der Waals surface area contributed by atoms with Crippen LogP contribution in [0.25, 0.3) is 0 Å². The van der Waals surface area contributed by atoms with Crippen LogP contribution in [0.5, 0.6) is 0 Å². The number of carbonyl (C=O) groups is 2. The number of amides is 2. The fourth-order valence-corrected chi connectivity index (χ4v) is 3.64. The van der Waals surface area contributed by atoms with E-state index in [0.29, 0.717) is 10.6 Å². The van der Waals surface area contributed by atoms with Crippen LogP contribution >= 0.6 is 11.8 Å². The molecule has 0 saturated heterocycles. The molecule has 2 aromatic rings. The van der Waals surface area contributed by atoms with Crippen LogP contribution in [-0.2, 0) is 15.8 Å². The largest absolute Gasteiger partial charge is 0.422 e. The molecule has 0 bridgehead atoms. The van der Waals surface area contributed by atoms with Gasteiger partial charge in [0.2, 0.25) is 11.8 Å². The number of rotatable bonds is 6. The molecular formula is C20H15F7N2O2S. The van der Waals surface area contributed by atoms with Crippen molar-refractivity contribution in [1.29, 1.82) is 0 Å². The molecule has 1 aliphatic rings. The Bertz CT molecular complexity index is 1040. The zero-order valence-electron chi connectivity index (χ0n) is 16.2. The van der Waals surface area contributed by atoms with E-state index in [4.69, 9.17) is 0 Å². The first-order valence-electron chi connectivity index (χ1n) is 9.21. The number of hydrogen-bond acceptors (Lipinski definition) is 3. The molecule has 1 atom stereocenters. The molecule has 1 saturated carbocycles. The van der Waals surface area contributed by atoms with Crippen molar-refractivity contribution in [3.63, 3.8) is 0 Å². The maximum Gasteiger partial charge on any atom is 0.422 e. The number of thioether (sulfide) groups is 1. The van der Waals surface area contributed by atoms with Gasteiger partial charge in [-0.15, -0.1) is 11.8 Å². The average molecular weight is 480 g/mol. The van der Waals surface area contributed by atoms with Crippen molar-refractivity contribution in [2.45, 2.75) is 36.1 Å². The Balaban J connectivity index is 1.74. The van der Waals surface area contributed by atoms with Gasteiger partial charge in [0.1, 0.15) is 11.3 Å². The van der Waals surface area contributed by atoms with E-state index in [2.05, 4.69) is 5.32 Å². The third-order valence-corrected chi connectivity index (χ3v) is 5.62. The molecule has 12 heteroatoms. The Morgan fingerprint density at radius 2 is 1.59 bits per heavy atom. The van der Waals surface area contributed by atoms with E-state index >= 15 is 0 Å². The lowest BCUT2D eigenvalue weighted by atomic mass is 10.1. The summed E-state index contributed by atoms with van der Waals surface area (Å²) in [6, 6.07) is 6.34. The minimum atomic E-state index is -5.68. The quantitative estimate of drug-likeness (QED) is 0.316. The van der Waals surface area contributed by atoms with E-state index in [9.17, 15) is 40.3 Å². The number of benzene rings is 2. The van der Waals surface area contributed by atoms with Crippen LogP contribution in [0.1, 0.15) is 25.3 Å². The summed E-state index contributed by atoms with van der Waals surface area (Å²) in [5, 5.41) is 3.23. The Labute approximate surface area is 181 Å². The molecule has 32 heavy (non-hydrogen) atoms. The monoisotopic (exact) mass is 480 g/mol. The second kappa shape index (κ2) is 9.00. The molecule has 2 amide bonds. The van der Waals surface area contributed by atoms with Gasteiger partial charge < -0.3 is 10.6 Å². The van der Waals surface area contributed by atoms with Gasteiger partial charge in [-0.05, 0) is 38.0 Å². The Kier molecular flexibility index (Phi) is 6.72. The normalized spacial score (nSPS) is 14.8. The maximum absolute atomic E-state index is 14.0. The van der Waals surface area contributed by atoms with Gasteiger partial charge >= 0.3 is 6.18 Å². The smallest absolute Gasteiger partial charge is 0.326 e. The minimum Gasteiger partial charge on any atom is -0.326 e. The molecule has 4 nitrogen and oxygen atoms in total. The third kappa shape index (κ3) is 5.17. The van der Waals surface area contributed by atoms with Crippen LogP contribution in [-0.4, -0.2) is 17.1 Å². The summed E-state index contributed by atoms with van der Waals surface area (Å²) in [6.45, 7) is 1.31. The van der Waals surface area contributed by atoms with Crippen molar-refractivity contribution in [2.24, 2.45) is 5.92 Å². The molecule has 1 unspecified atom stereocenters. The topological polar surface area (TPSA) is 58.2 Å². The second-order valence-corrected chi connectivity index (χ2v) is 8.46. The predicted molar refractivity (Wildman–Crippen MR) is 103 cm³/mol. The Hall–Kier alpha value is -2.76. The molecule has 0 radical (unpaired) electrons. The molecule has 1 aliphatic carbocycles. The summed E-state index contributed by atoms with van der Waals surface area (Å²) >= 11 is 0.888. The molecule has 0 spiro atoms. The fourth-order valence-electron chi connectivity index (χ4n) is 2.71. The molecule has 0 aromatic heterocycles. The van der Waals surface area contributed by atoms with Crippen LogP contribution < -0.4 is 10.6 Å². The summed E-state index contributed by atoms with van der Waals surface area (Å²) in [6.07, 6.45) is -4.08. The summed E-state index contributed by atoms with van der Waals surface area (Å²) < 4.78 is 93.4. The van der Waals surface area contributed by atoms with Crippen LogP contribution in [0.15, 0.2) is 29.2 Å². The van der Waals surface area contributed by atoms with Crippen molar-refractivity contribution < 1.29 is 40.3 Å². The lowest BCUT2D eigenvalue weighted by Gasteiger charge is -2.16. The van der Waals surface area contributed by atoms with E-state index in [1.165, 1.54) is 6.92 Å². The fraction of sp³-hybridized carbons (Fsp3) is 0.300. The predicted octanol–water partition coefficient (Wildman–Crippen LogP) is 5.73. The molecule has 0 heterocycles. The van der Waals surface area contributed by atoms with Crippen molar-refractivity contribution in [2.75, 3.05) is 10.6 Å². The van der Waals surface area contributed by atoms with Crippen molar-refractivity contribution in [3.05, 3.63) is 53.1 Å². The number of hydrogen-bond donors (Lipinski definition) is 2. The van der Waals surface area contributed by atoms with Crippen molar-refractivity contribution in [1.82, 2.24) is 0 Å². The van der Waals surface area contributed by atoms with Gasteiger partial charge in [-0.25, -0.2) is 17.6 Å². The molecule has 172 valence electrons. The molecule has 2 aromatic carbocycles. The molecular weight excluding hydrogens is 465 g/mol. The Morgan fingerprint density at radius 1 is 1.00 bits per heavy atom. The minimum absolute atomic E-state index is 0.0367. The molecule has 1 fully saturated rings. The average Bonchev–Trinajstić information content (AvgIpc) is 3.54. The third-order valence-electron chi connectivity index (χ3n) is 4.53. The number of carbonyl (C=O) groups excluding carboxylic acids is 2. The number of halogens is 7. The van der Waals surface area contributed by atoms with Gasteiger partial charge in [0.15, 0.2) is 23.3 Å². The lowest BCUT2D eigenvalue weighted by Crippen LogP contribution is -2.25. The first-order chi connectivity index (χ1) is 14.9. The van der Waals surface area contributed by atoms with E-state index in [-0.39, 0.29) is 11.8 Å². The van der Waals surface area contributed by atoms with E-state index in [1.807, 2.05) is 0 Å². The van der Waals surface area contributed by atoms with Gasteiger partial charge in [0.25, 0.3) is 0 Å². The van der Waals surface area contributed by atoms with Crippen LogP contribution in [0.2, 0.25) is 0 Å². The number of anilines is 2. The van der Waals surface area contributed by atoms with Gasteiger partial charge in [0, 0.05) is 16.5 Å². The second-order valence-electron chi connectivity index (χ2n) is 7.04.